The molecule has 1 unspecified atom stereocenters. The van der Waals surface area contributed by atoms with Crippen LogP contribution in [0.5, 0.6) is 0 Å². The van der Waals surface area contributed by atoms with E-state index in [0.29, 0.717) is 10.9 Å². The van der Waals surface area contributed by atoms with Crippen LogP contribution in [0.4, 0.5) is 5.69 Å². The van der Waals surface area contributed by atoms with Crippen LogP contribution in [0.15, 0.2) is 64.2 Å². The molecule has 1 amide bonds. The summed E-state index contributed by atoms with van der Waals surface area (Å²) >= 11 is 0. The van der Waals surface area contributed by atoms with E-state index in [1.165, 1.54) is 4.57 Å². The van der Waals surface area contributed by atoms with Gasteiger partial charge in [-0.05, 0) is 31.3 Å². The van der Waals surface area contributed by atoms with E-state index in [0.717, 1.165) is 10.3 Å². The molecule has 1 heterocycles. The van der Waals surface area contributed by atoms with E-state index in [4.69, 9.17) is 0 Å². The number of aliphatic hydroxyl groups is 1. The molecule has 0 radical (unpaired) electrons. The van der Waals surface area contributed by atoms with E-state index in [1.807, 2.05) is 30.3 Å². The summed E-state index contributed by atoms with van der Waals surface area (Å²) < 4.78 is 2.43. The van der Waals surface area contributed by atoms with Crippen LogP contribution >= 0.6 is 12.4 Å². The quantitative estimate of drug-likeness (QED) is 0.586. The Kier molecular flexibility index (Phi) is 8.15. The number of amides is 1. The second kappa shape index (κ2) is 10.4. The third-order valence-electron chi connectivity index (χ3n) is 5.10. The van der Waals surface area contributed by atoms with Gasteiger partial charge in [-0.2, -0.15) is 0 Å². The van der Waals surface area contributed by atoms with Gasteiger partial charge in [0.05, 0.1) is 30.1 Å². The van der Waals surface area contributed by atoms with Crippen LogP contribution in [0.25, 0.3) is 10.9 Å². The molecule has 0 bridgehead atoms. The van der Waals surface area contributed by atoms with Crippen molar-refractivity contribution in [3.63, 3.8) is 0 Å². The van der Waals surface area contributed by atoms with Crippen molar-refractivity contribution in [1.29, 1.82) is 0 Å². The van der Waals surface area contributed by atoms with Crippen molar-refractivity contribution in [3.05, 3.63) is 75.4 Å². The van der Waals surface area contributed by atoms with Gasteiger partial charge in [0.2, 0.25) is 5.91 Å². The van der Waals surface area contributed by atoms with Gasteiger partial charge in [-0.1, -0.05) is 30.3 Å². The Balaban J connectivity index is 0.00000341. The van der Waals surface area contributed by atoms with E-state index in [-0.39, 0.29) is 37.9 Å². The molecule has 8 nitrogen and oxygen atoms in total. The first-order chi connectivity index (χ1) is 14.3. The number of nitrogens with zero attached hydrogens (tertiary/aromatic N) is 4. The van der Waals surface area contributed by atoms with Crippen LogP contribution in [-0.4, -0.2) is 58.3 Å². The zero-order chi connectivity index (χ0) is 21.8. The molecule has 0 saturated carbocycles. The third-order valence-corrected chi connectivity index (χ3v) is 5.10. The summed E-state index contributed by atoms with van der Waals surface area (Å²) in [7, 11) is 5.00. The molecule has 9 heteroatoms. The highest BCUT2D eigenvalue weighted by Gasteiger charge is 2.18. The molecule has 0 aliphatic heterocycles. The Morgan fingerprint density at radius 3 is 2.32 bits per heavy atom. The maximum absolute atomic E-state index is 12.7. The Labute approximate surface area is 186 Å². The fourth-order valence-corrected chi connectivity index (χ4v) is 3.45. The number of rotatable bonds is 7. The summed E-state index contributed by atoms with van der Waals surface area (Å²) in [6.45, 7) is 0.0767. The van der Waals surface area contributed by atoms with E-state index in [9.17, 15) is 19.5 Å². The number of carbonyl (C=O) groups excluding carboxylic acids is 1. The van der Waals surface area contributed by atoms with Crippen LogP contribution < -0.4 is 16.1 Å². The lowest BCUT2D eigenvalue weighted by Gasteiger charge is -2.24. The highest BCUT2D eigenvalue weighted by molar-refractivity contribution is 5.94. The van der Waals surface area contributed by atoms with Crippen molar-refractivity contribution in [2.75, 3.05) is 32.1 Å². The van der Waals surface area contributed by atoms with Gasteiger partial charge in [-0.25, -0.2) is 4.79 Å². The standard InChI is InChI=1S/C22H26N4O4.ClH/c1-23(15-20(28)24(2)16-9-5-4-6-10-16)13-17(27)14-26-21(29)18-11-7-8-12-19(18)25(3)22(26)30;/h4-12,17,27H,13-15H2,1-3H3;1H. The number of aromatic nitrogens is 2. The predicted molar refractivity (Wildman–Crippen MR) is 124 cm³/mol. The van der Waals surface area contributed by atoms with Gasteiger partial charge < -0.3 is 10.0 Å². The van der Waals surface area contributed by atoms with Gasteiger partial charge in [-0.3, -0.25) is 23.6 Å². The minimum Gasteiger partial charge on any atom is -0.390 e. The van der Waals surface area contributed by atoms with Crippen molar-refractivity contribution >= 4 is 34.9 Å². The van der Waals surface area contributed by atoms with E-state index < -0.39 is 17.4 Å². The monoisotopic (exact) mass is 446 g/mol. The van der Waals surface area contributed by atoms with Crippen LogP contribution in [0.2, 0.25) is 0 Å². The second-order valence-electron chi connectivity index (χ2n) is 7.41. The molecule has 2 aromatic carbocycles. The number of aliphatic hydroxyl groups excluding tert-OH is 1. The Morgan fingerprint density at radius 2 is 1.65 bits per heavy atom. The summed E-state index contributed by atoms with van der Waals surface area (Å²) in [5, 5.41) is 10.9. The fraction of sp³-hybridized carbons (Fsp3) is 0.318. The molecule has 0 aliphatic carbocycles. The topological polar surface area (TPSA) is 87.8 Å². The first kappa shape index (κ1) is 24.3. The molecule has 3 aromatic rings. The number of benzene rings is 2. The number of halogens is 1. The molecule has 0 saturated heterocycles. The Morgan fingerprint density at radius 1 is 1.03 bits per heavy atom. The number of fused-ring (bicyclic) bond motifs is 1. The van der Waals surface area contributed by atoms with Crippen LogP contribution in [0.1, 0.15) is 0 Å². The number of likely N-dealkylation sites (N-methyl/N-ethyl adjacent to an activating group) is 2. The van der Waals surface area contributed by atoms with Crippen LogP contribution in [0, 0.1) is 0 Å². The van der Waals surface area contributed by atoms with Crippen LogP contribution in [0.3, 0.4) is 0 Å². The number of hydrogen-bond donors (Lipinski definition) is 1. The van der Waals surface area contributed by atoms with E-state index in [2.05, 4.69) is 0 Å². The van der Waals surface area contributed by atoms with Crippen molar-refractivity contribution in [2.45, 2.75) is 12.6 Å². The summed E-state index contributed by atoms with van der Waals surface area (Å²) in [6, 6.07) is 16.1. The highest BCUT2D eigenvalue weighted by atomic mass is 35.5. The largest absolute Gasteiger partial charge is 0.390 e. The fourth-order valence-electron chi connectivity index (χ4n) is 3.45. The lowest BCUT2D eigenvalue weighted by Crippen LogP contribution is -2.45. The summed E-state index contributed by atoms with van der Waals surface area (Å²) in [5.74, 6) is -0.130. The lowest BCUT2D eigenvalue weighted by molar-refractivity contribution is -0.119. The van der Waals surface area contributed by atoms with Gasteiger partial charge in [0, 0.05) is 26.3 Å². The second-order valence-corrected chi connectivity index (χ2v) is 7.41. The zero-order valence-electron chi connectivity index (χ0n) is 17.8. The van der Waals surface area contributed by atoms with E-state index >= 15 is 0 Å². The molecule has 0 fully saturated rings. The predicted octanol–water partition coefficient (Wildman–Crippen LogP) is 1.08. The smallest absolute Gasteiger partial charge is 0.331 e. The van der Waals surface area contributed by atoms with Crippen molar-refractivity contribution in [3.8, 4) is 0 Å². The summed E-state index contributed by atoms with van der Waals surface area (Å²) in [6.07, 6.45) is -0.989. The van der Waals surface area contributed by atoms with Gasteiger partial charge in [-0.15, -0.1) is 12.4 Å². The number of anilines is 1. The molecule has 1 aromatic heterocycles. The molecule has 3 rings (SSSR count). The average Bonchev–Trinajstić information content (AvgIpc) is 2.75. The van der Waals surface area contributed by atoms with Gasteiger partial charge in [0.1, 0.15) is 0 Å². The zero-order valence-corrected chi connectivity index (χ0v) is 18.6. The first-order valence-electron chi connectivity index (χ1n) is 9.66. The van der Waals surface area contributed by atoms with E-state index in [1.54, 1.807) is 55.2 Å². The summed E-state index contributed by atoms with van der Waals surface area (Å²) in [4.78, 5) is 41.0. The molecule has 166 valence electrons. The first-order valence-corrected chi connectivity index (χ1v) is 9.66. The molecular formula is C22H27ClN4O4. The maximum Gasteiger partial charge on any atom is 0.331 e. The maximum atomic E-state index is 12.7. The Bertz CT molecular complexity index is 1160. The van der Waals surface area contributed by atoms with Crippen molar-refractivity contribution in [2.24, 2.45) is 7.05 Å². The third kappa shape index (κ3) is 5.41. The minimum absolute atomic E-state index is 0. The van der Waals surface area contributed by atoms with Gasteiger partial charge in [0.25, 0.3) is 5.56 Å². The van der Waals surface area contributed by atoms with Crippen molar-refractivity contribution < 1.29 is 9.90 Å². The average molecular weight is 447 g/mol. The van der Waals surface area contributed by atoms with Crippen LogP contribution in [-0.2, 0) is 18.4 Å². The molecular weight excluding hydrogens is 420 g/mol. The number of carbonyl (C=O) groups is 1. The molecule has 1 N–H and O–H groups in total. The number of aryl methyl sites for hydroxylation is 1. The van der Waals surface area contributed by atoms with Gasteiger partial charge >= 0.3 is 5.69 Å². The summed E-state index contributed by atoms with van der Waals surface area (Å²) in [5.41, 5.74) is 0.406. The molecule has 31 heavy (non-hydrogen) atoms. The molecule has 1 atom stereocenters. The normalized spacial score (nSPS) is 11.9. The minimum atomic E-state index is -0.989. The SMILES string of the molecule is CN(CC(=O)N(C)c1ccccc1)CC(O)Cn1c(=O)c2ccccc2n(C)c1=O.Cl. The highest BCUT2D eigenvalue weighted by Crippen LogP contribution is 2.11. The molecule has 0 aliphatic rings. The lowest BCUT2D eigenvalue weighted by atomic mass is 10.2. The van der Waals surface area contributed by atoms with Gasteiger partial charge in [0.15, 0.2) is 0 Å². The number of hydrogen-bond acceptors (Lipinski definition) is 5. The number of para-hydroxylation sites is 2. The Hall–Kier alpha value is -2.94. The molecule has 0 spiro atoms. The van der Waals surface area contributed by atoms with Crippen molar-refractivity contribution in [1.82, 2.24) is 14.0 Å².